The first kappa shape index (κ1) is 11.6. The van der Waals surface area contributed by atoms with Crippen molar-refractivity contribution in [3.05, 3.63) is 29.8 Å². The zero-order valence-corrected chi connectivity index (χ0v) is 9.65. The molecule has 1 aromatic rings. The molecule has 1 unspecified atom stereocenters. The van der Waals surface area contributed by atoms with Crippen LogP contribution in [-0.2, 0) is 9.59 Å². The summed E-state index contributed by atoms with van der Waals surface area (Å²) in [5.74, 6) is -0.794. The van der Waals surface area contributed by atoms with Gasteiger partial charge in [-0.1, -0.05) is 0 Å². The average Bonchev–Trinajstić information content (AvgIpc) is 2.64. The first-order valence-electron chi connectivity index (χ1n) is 5.10. The molecule has 0 aromatic heterocycles. The van der Waals surface area contributed by atoms with Crippen molar-refractivity contribution >= 4 is 29.1 Å². The summed E-state index contributed by atoms with van der Waals surface area (Å²) >= 11 is 5.63. The molecule has 1 aromatic carbocycles. The first-order chi connectivity index (χ1) is 8.17. The fraction of sp³-hybridized carbons (Fsp3) is 0.250. The van der Waals surface area contributed by atoms with E-state index in [2.05, 4.69) is 0 Å². The molecule has 0 radical (unpaired) electrons. The third-order valence-corrected chi connectivity index (χ3v) is 3.05. The Hall–Kier alpha value is -1.86. The number of hydrogen-bond donors (Lipinski definition) is 0. The molecule has 0 spiro atoms. The lowest BCUT2D eigenvalue weighted by Gasteiger charge is -2.14. The van der Waals surface area contributed by atoms with Crippen LogP contribution in [0.15, 0.2) is 24.3 Å². The second-order valence-electron chi connectivity index (χ2n) is 3.78. The lowest BCUT2D eigenvalue weighted by Crippen LogP contribution is -2.30. The van der Waals surface area contributed by atoms with Crippen LogP contribution < -0.4 is 4.90 Å². The highest BCUT2D eigenvalue weighted by Crippen LogP contribution is 2.27. The number of alkyl halides is 1. The Kier molecular flexibility index (Phi) is 3.12. The van der Waals surface area contributed by atoms with Crippen LogP contribution in [0, 0.1) is 17.2 Å². The summed E-state index contributed by atoms with van der Waals surface area (Å²) in [4.78, 5) is 24.7. The molecule has 0 saturated carbocycles. The highest BCUT2D eigenvalue weighted by molar-refractivity contribution is 6.25. The molecule has 2 amide bonds. The zero-order valence-electron chi connectivity index (χ0n) is 8.89. The maximum atomic E-state index is 11.9. The number of benzene rings is 1. The van der Waals surface area contributed by atoms with E-state index in [4.69, 9.17) is 16.9 Å². The summed E-state index contributed by atoms with van der Waals surface area (Å²) in [6, 6.07) is 8.30. The number of halogens is 1. The lowest BCUT2D eigenvalue weighted by molar-refractivity contribution is -0.122. The third-order valence-electron chi connectivity index (χ3n) is 2.68. The van der Waals surface area contributed by atoms with E-state index in [9.17, 15) is 9.59 Å². The molecule has 0 aliphatic carbocycles. The molecule has 4 nitrogen and oxygen atoms in total. The fourth-order valence-electron chi connectivity index (χ4n) is 1.77. The van der Waals surface area contributed by atoms with Gasteiger partial charge in [-0.2, -0.15) is 5.26 Å². The van der Waals surface area contributed by atoms with Gasteiger partial charge in [0, 0.05) is 12.3 Å². The van der Waals surface area contributed by atoms with E-state index in [1.807, 2.05) is 6.07 Å². The van der Waals surface area contributed by atoms with Gasteiger partial charge in [0.15, 0.2) is 0 Å². The summed E-state index contributed by atoms with van der Waals surface area (Å²) in [6.45, 7) is 0. The smallest absolute Gasteiger partial charge is 0.238 e. The first-order valence-corrected chi connectivity index (χ1v) is 5.63. The second kappa shape index (κ2) is 4.56. The van der Waals surface area contributed by atoms with Crippen molar-refractivity contribution < 1.29 is 9.59 Å². The number of carbonyl (C=O) groups excluding carboxylic acids is 2. The second-order valence-corrected chi connectivity index (χ2v) is 4.09. The molecular weight excluding hydrogens is 240 g/mol. The van der Waals surface area contributed by atoms with E-state index in [1.54, 1.807) is 24.3 Å². The van der Waals surface area contributed by atoms with Gasteiger partial charge in [-0.05, 0) is 24.3 Å². The zero-order chi connectivity index (χ0) is 12.4. The summed E-state index contributed by atoms with van der Waals surface area (Å²) < 4.78 is 0. The van der Waals surface area contributed by atoms with Crippen molar-refractivity contribution in [3.63, 3.8) is 0 Å². The Balaban J connectivity index is 2.31. The van der Waals surface area contributed by atoms with Crippen molar-refractivity contribution in [1.29, 1.82) is 5.26 Å². The normalized spacial score (nSPS) is 19.5. The van der Waals surface area contributed by atoms with E-state index in [-0.39, 0.29) is 24.1 Å². The van der Waals surface area contributed by atoms with Crippen LogP contribution in [0.2, 0.25) is 0 Å². The number of amides is 2. The molecule has 1 saturated heterocycles. The van der Waals surface area contributed by atoms with Gasteiger partial charge in [0.2, 0.25) is 11.8 Å². The van der Waals surface area contributed by atoms with Gasteiger partial charge in [0.25, 0.3) is 0 Å². The van der Waals surface area contributed by atoms with Crippen LogP contribution >= 0.6 is 11.6 Å². The van der Waals surface area contributed by atoms with Crippen molar-refractivity contribution in [2.45, 2.75) is 6.42 Å². The SMILES string of the molecule is N#Cc1ccc(N2C(=O)CC(CCl)C2=O)cc1. The molecule has 1 heterocycles. The van der Waals surface area contributed by atoms with Crippen molar-refractivity contribution in [3.8, 4) is 6.07 Å². The molecule has 0 bridgehead atoms. The minimum Gasteiger partial charge on any atom is -0.274 e. The maximum absolute atomic E-state index is 11.9. The molecule has 2 rings (SSSR count). The summed E-state index contributed by atoms with van der Waals surface area (Å²) in [7, 11) is 0. The minimum atomic E-state index is -0.431. The lowest BCUT2D eigenvalue weighted by atomic mass is 10.1. The fourth-order valence-corrected chi connectivity index (χ4v) is 2.01. The van der Waals surface area contributed by atoms with E-state index in [1.165, 1.54) is 0 Å². The number of nitrogens with zero attached hydrogens (tertiary/aromatic N) is 2. The average molecular weight is 249 g/mol. The number of anilines is 1. The number of hydrogen-bond acceptors (Lipinski definition) is 3. The highest BCUT2D eigenvalue weighted by atomic mass is 35.5. The molecular formula is C12H9ClN2O2. The highest BCUT2D eigenvalue weighted by Gasteiger charge is 2.38. The number of carbonyl (C=O) groups is 2. The van der Waals surface area contributed by atoms with E-state index in [0.29, 0.717) is 11.3 Å². The van der Waals surface area contributed by atoms with E-state index >= 15 is 0 Å². The Morgan fingerprint density at radius 1 is 1.35 bits per heavy atom. The number of imide groups is 1. The van der Waals surface area contributed by atoms with Gasteiger partial charge < -0.3 is 0 Å². The minimum absolute atomic E-state index is 0.150. The predicted molar refractivity (Wildman–Crippen MR) is 62.5 cm³/mol. The molecule has 1 fully saturated rings. The third kappa shape index (κ3) is 2.02. The summed E-state index contributed by atoms with van der Waals surface area (Å²) in [5, 5.41) is 8.66. The van der Waals surface area contributed by atoms with Crippen molar-refractivity contribution in [2.24, 2.45) is 5.92 Å². The van der Waals surface area contributed by atoms with E-state index in [0.717, 1.165) is 4.90 Å². The monoisotopic (exact) mass is 248 g/mol. The predicted octanol–water partition coefficient (Wildman–Crippen LogP) is 1.68. The Labute approximate surface area is 103 Å². The number of nitriles is 1. The molecule has 5 heteroatoms. The van der Waals surface area contributed by atoms with Gasteiger partial charge in [0.05, 0.1) is 23.2 Å². The molecule has 1 aliphatic rings. The van der Waals surface area contributed by atoms with Gasteiger partial charge >= 0.3 is 0 Å². The quantitative estimate of drug-likeness (QED) is 0.591. The van der Waals surface area contributed by atoms with Crippen molar-refractivity contribution in [1.82, 2.24) is 0 Å². The van der Waals surface area contributed by atoms with Gasteiger partial charge in [-0.3, -0.25) is 14.5 Å². The van der Waals surface area contributed by atoms with Crippen LogP contribution in [-0.4, -0.2) is 17.7 Å². The summed E-state index contributed by atoms with van der Waals surface area (Å²) in [6.07, 6.45) is 0.155. The Bertz CT molecular complexity index is 504. The van der Waals surface area contributed by atoms with Crippen LogP contribution in [0.25, 0.3) is 0 Å². The van der Waals surface area contributed by atoms with E-state index < -0.39 is 5.92 Å². The Morgan fingerprint density at radius 2 is 2.00 bits per heavy atom. The van der Waals surface area contributed by atoms with Gasteiger partial charge in [-0.15, -0.1) is 11.6 Å². The van der Waals surface area contributed by atoms with Gasteiger partial charge in [-0.25, -0.2) is 0 Å². The molecule has 86 valence electrons. The number of rotatable bonds is 2. The molecule has 1 aliphatic heterocycles. The molecule has 17 heavy (non-hydrogen) atoms. The molecule has 0 N–H and O–H groups in total. The van der Waals surface area contributed by atoms with Crippen molar-refractivity contribution in [2.75, 3.05) is 10.8 Å². The maximum Gasteiger partial charge on any atom is 0.238 e. The van der Waals surface area contributed by atoms with Crippen LogP contribution in [0.1, 0.15) is 12.0 Å². The summed E-state index contributed by atoms with van der Waals surface area (Å²) in [5.41, 5.74) is 0.980. The van der Waals surface area contributed by atoms with Crippen LogP contribution in [0.5, 0.6) is 0 Å². The standard InChI is InChI=1S/C12H9ClN2O2/c13-6-9-5-11(16)15(12(9)17)10-3-1-8(7-14)2-4-10/h1-4,9H,5-6H2. The van der Waals surface area contributed by atoms with Gasteiger partial charge in [0.1, 0.15) is 0 Å². The Morgan fingerprint density at radius 3 is 2.47 bits per heavy atom. The largest absolute Gasteiger partial charge is 0.274 e. The topological polar surface area (TPSA) is 61.2 Å². The van der Waals surface area contributed by atoms with Crippen LogP contribution in [0.3, 0.4) is 0 Å². The van der Waals surface area contributed by atoms with Crippen LogP contribution in [0.4, 0.5) is 5.69 Å². The molecule has 1 atom stereocenters.